The fourth-order valence-corrected chi connectivity index (χ4v) is 5.07. The molecule has 0 spiro atoms. The number of hydrogen-bond acceptors (Lipinski definition) is 2. The Kier molecular flexibility index (Phi) is 3.75. The van der Waals surface area contributed by atoms with Crippen molar-refractivity contribution in [3.05, 3.63) is 120 Å². The van der Waals surface area contributed by atoms with Gasteiger partial charge in [-0.2, -0.15) is 0 Å². The van der Waals surface area contributed by atoms with Crippen LogP contribution in [0.5, 0.6) is 0 Å². The summed E-state index contributed by atoms with van der Waals surface area (Å²) < 4.78 is 1.78. The van der Waals surface area contributed by atoms with Gasteiger partial charge in [-0.05, 0) is 29.7 Å². The van der Waals surface area contributed by atoms with Crippen LogP contribution in [0.3, 0.4) is 0 Å². The lowest BCUT2D eigenvalue weighted by atomic mass is 9.68. The molecule has 148 valence electrons. The maximum atomic E-state index is 14.4. The van der Waals surface area contributed by atoms with Crippen LogP contribution in [0, 0.1) is 0 Å². The molecule has 0 fully saturated rings. The average molecular weight is 401 g/mol. The normalized spacial score (nSPS) is 18.1. The zero-order valence-corrected chi connectivity index (χ0v) is 16.8. The van der Waals surface area contributed by atoms with Gasteiger partial charge >= 0.3 is 0 Å². The second-order valence-corrected chi connectivity index (χ2v) is 8.12. The van der Waals surface area contributed by atoms with Crippen LogP contribution < -0.4 is 0 Å². The number of rotatable bonds is 3. The lowest BCUT2D eigenvalue weighted by Gasteiger charge is -2.35. The van der Waals surface area contributed by atoms with E-state index in [1.807, 2.05) is 103 Å². The van der Waals surface area contributed by atoms with Gasteiger partial charge in [0.05, 0.1) is 11.0 Å². The number of fused-ring (bicyclic) bond motifs is 3. The molecule has 1 unspecified atom stereocenters. The second-order valence-electron chi connectivity index (χ2n) is 8.12. The number of hydrogen-bond donors (Lipinski definition) is 0. The summed E-state index contributed by atoms with van der Waals surface area (Å²) in [4.78, 5) is 28.5. The number of Topliss-reactive ketones (excluding diaryl/α,β-unsaturated/α-hetero) is 1. The monoisotopic (exact) mass is 401 g/mol. The Morgan fingerprint density at radius 1 is 0.645 bits per heavy atom. The molecule has 0 amide bonds. The quantitative estimate of drug-likeness (QED) is 0.358. The van der Waals surface area contributed by atoms with Crippen molar-refractivity contribution in [3.8, 4) is 0 Å². The number of para-hydroxylation sites is 2. The number of benzene rings is 4. The minimum atomic E-state index is -1.31. The van der Waals surface area contributed by atoms with Crippen molar-refractivity contribution < 1.29 is 9.59 Å². The number of carbonyl (C=O) groups is 2. The molecule has 0 saturated carbocycles. The summed E-state index contributed by atoms with van der Waals surface area (Å²) in [6, 6.07) is 33.0. The van der Waals surface area contributed by atoms with E-state index in [-0.39, 0.29) is 11.7 Å². The molecule has 3 heteroatoms. The summed E-state index contributed by atoms with van der Waals surface area (Å²) in [6.07, 6.45) is 0.317. The first-order valence-electron chi connectivity index (χ1n) is 10.4. The molecule has 2 heterocycles. The molecule has 1 aliphatic heterocycles. The van der Waals surface area contributed by atoms with E-state index in [4.69, 9.17) is 0 Å². The van der Waals surface area contributed by atoms with Crippen LogP contribution in [0.25, 0.3) is 21.8 Å². The molecular formula is C28H19NO2. The zero-order chi connectivity index (χ0) is 21.0. The highest BCUT2D eigenvalue weighted by Crippen LogP contribution is 2.43. The molecule has 4 aromatic carbocycles. The van der Waals surface area contributed by atoms with E-state index in [1.165, 1.54) is 0 Å². The Bertz CT molecular complexity index is 1480. The number of aromatic nitrogens is 1. The van der Waals surface area contributed by atoms with Crippen molar-refractivity contribution in [2.75, 3.05) is 0 Å². The molecule has 5 aromatic rings. The SMILES string of the molecule is O=C1c2cccc3c4ccccc4n(c23)C(=O)C1(Cc1ccccc1)c1ccccc1. The third-order valence-electron chi connectivity index (χ3n) is 6.47. The van der Waals surface area contributed by atoms with Gasteiger partial charge < -0.3 is 0 Å². The summed E-state index contributed by atoms with van der Waals surface area (Å²) in [5, 5.41) is 1.93. The smallest absolute Gasteiger partial charge is 0.250 e. The molecule has 3 nitrogen and oxygen atoms in total. The highest BCUT2D eigenvalue weighted by Gasteiger charge is 2.52. The molecule has 0 radical (unpaired) electrons. The molecule has 0 bridgehead atoms. The summed E-state index contributed by atoms with van der Waals surface area (Å²) >= 11 is 0. The van der Waals surface area contributed by atoms with E-state index < -0.39 is 5.41 Å². The van der Waals surface area contributed by atoms with E-state index >= 15 is 0 Å². The van der Waals surface area contributed by atoms with Gasteiger partial charge in [-0.1, -0.05) is 91.0 Å². The van der Waals surface area contributed by atoms with E-state index in [0.29, 0.717) is 12.0 Å². The summed E-state index contributed by atoms with van der Waals surface area (Å²) in [6.45, 7) is 0. The van der Waals surface area contributed by atoms with Crippen molar-refractivity contribution in [1.82, 2.24) is 4.57 Å². The van der Waals surface area contributed by atoms with Crippen molar-refractivity contribution in [2.24, 2.45) is 0 Å². The predicted octanol–water partition coefficient (Wildman–Crippen LogP) is 5.81. The largest absolute Gasteiger partial charge is 0.292 e. The molecule has 31 heavy (non-hydrogen) atoms. The highest BCUT2D eigenvalue weighted by atomic mass is 16.2. The fraction of sp³-hybridized carbons (Fsp3) is 0.0714. The van der Waals surface area contributed by atoms with E-state index in [0.717, 1.165) is 32.9 Å². The summed E-state index contributed by atoms with van der Waals surface area (Å²) in [5.74, 6) is -0.314. The predicted molar refractivity (Wildman–Crippen MR) is 123 cm³/mol. The number of nitrogens with zero attached hydrogens (tertiary/aromatic N) is 1. The maximum Gasteiger partial charge on any atom is 0.250 e. The van der Waals surface area contributed by atoms with Crippen LogP contribution in [0.4, 0.5) is 0 Å². The first-order valence-corrected chi connectivity index (χ1v) is 10.4. The van der Waals surface area contributed by atoms with Gasteiger partial charge in [0.15, 0.2) is 5.78 Å². The van der Waals surface area contributed by atoms with Crippen molar-refractivity contribution >= 4 is 33.5 Å². The van der Waals surface area contributed by atoms with Gasteiger partial charge in [0.1, 0.15) is 5.41 Å². The van der Waals surface area contributed by atoms with Gasteiger partial charge in [0, 0.05) is 16.3 Å². The summed E-state index contributed by atoms with van der Waals surface area (Å²) in [7, 11) is 0. The molecule has 0 aliphatic carbocycles. The lowest BCUT2D eigenvalue weighted by Crippen LogP contribution is -2.51. The Hall–Kier alpha value is -3.98. The van der Waals surface area contributed by atoms with Crippen molar-refractivity contribution in [3.63, 3.8) is 0 Å². The summed E-state index contributed by atoms with van der Waals surface area (Å²) in [5.41, 5.74) is 2.54. The van der Waals surface area contributed by atoms with Crippen LogP contribution >= 0.6 is 0 Å². The minimum Gasteiger partial charge on any atom is -0.292 e. The Balaban J connectivity index is 1.73. The van der Waals surface area contributed by atoms with Crippen molar-refractivity contribution in [2.45, 2.75) is 11.8 Å². The molecular weight excluding hydrogens is 382 g/mol. The Labute approximate surface area is 179 Å². The van der Waals surface area contributed by atoms with Gasteiger partial charge in [0.25, 0.3) is 5.91 Å². The van der Waals surface area contributed by atoms with Gasteiger partial charge in [-0.15, -0.1) is 0 Å². The Morgan fingerprint density at radius 3 is 2.06 bits per heavy atom. The number of ketones is 1. The average Bonchev–Trinajstić information content (AvgIpc) is 3.17. The third-order valence-corrected chi connectivity index (χ3v) is 6.47. The first-order chi connectivity index (χ1) is 15.2. The fourth-order valence-electron chi connectivity index (χ4n) is 5.07. The van der Waals surface area contributed by atoms with Crippen LogP contribution in [-0.2, 0) is 11.8 Å². The molecule has 6 rings (SSSR count). The minimum absolute atomic E-state index is 0.131. The standard InChI is InChI=1S/C28H19NO2/c30-26-23-16-9-15-22-21-14-7-8-17-24(21)29(25(22)23)27(31)28(26,20-12-5-2-6-13-20)18-19-10-3-1-4-11-19/h1-17H,18H2. The number of carbonyl (C=O) groups excluding carboxylic acids is 2. The molecule has 0 N–H and O–H groups in total. The lowest BCUT2D eigenvalue weighted by molar-refractivity contribution is 0.0699. The zero-order valence-electron chi connectivity index (χ0n) is 16.8. The molecule has 1 aromatic heterocycles. The molecule has 0 saturated heterocycles. The molecule has 1 atom stereocenters. The van der Waals surface area contributed by atoms with Gasteiger partial charge in [-0.3, -0.25) is 14.2 Å². The highest BCUT2D eigenvalue weighted by molar-refractivity contribution is 6.32. The van der Waals surface area contributed by atoms with Crippen LogP contribution in [0.2, 0.25) is 0 Å². The molecule has 1 aliphatic rings. The maximum absolute atomic E-state index is 14.4. The topological polar surface area (TPSA) is 39.1 Å². The first kappa shape index (κ1) is 17.8. The second kappa shape index (κ2) is 6.51. The van der Waals surface area contributed by atoms with Gasteiger partial charge in [-0.25, -0.2) is 0 Å². The Morgan fingerprint density at radius 2 is 1.29 bits per heavy atom. The van der Waals surface area contributed by atoms with Crippen LogP contribution in [0.15, 0.2) is 103 Å². The van der Waals surface area contributed by atoms with E-state index in [9.17, 15) is 9.59 Å². The van der Waals surface area contributed by atoms with E-state index in [1.54, 1.807) is 4.57 Å². The van der Waals surface area contributed by atoms with E-state index in [2.05, 4.69) is 0 Å². The van der Waals surface area contributed by atoms with Crippen molar-refractivity contribution in [1.29, 1.82) is 0 Å². The van der Waals surface area contributed by atoms with Gasteiger partial charge in [0.2, 0.25) is 0 Å². The van der Waals surface area contributed by atoms with Crippen LogP contribution in [-0.4, -0.2) is 16.3 Å². The van der Waals surface area contributed by atoms with Crippen LogP contribution in [0.1, 0.15) is 26.3 Å². The third kappa shape index (κ3) is 2.34.